The van der Waals surface area contributed by atoms with Crippen LogP contribution in [0, 0.1) is 12.7 Å². The molecule has 0 unspecified atom stereocenters. The minimum Gasteiger partial charge on any atom is -0.508 e. The van der Waals surface area contributed by atoms with Crippen LogP contribution in [0.25, 0.3) is 0 Å². The molecule has 18 heavy (non-hydrogen) atoms. The number of nitrogens with one attached hydrogen (secondary N) is 1. The van der Waals surface area contributed by atoms with E-state index in [1.807, 2.05) is 13.0 Å². The standard InChI is InChI=1S/C14H13BrFNO/c1-9-3-2-4-12(16)14(9)17-8-10-7-11(15)5-6-13(10)18/h2-7,17-18H,8H2,1H3. The first-order valence-electron chi connectivity index (χ1n) is 5.54. The molecule has 0 aromatic heterocycles. The molecule has 0 atom stereocenters. The van der Waals surface area contributed by atoms with E-state index >= 15 is 0 Å². The third-order valence-electron chi connectivity index (χ3n) is 2.72. The normalized spacial score (nSPS) is 10.4. The van der Waals surface area contributed by atoms with Crippen LogP contribution >= 0.6 is 15.9 Å². The Morgan fingerprint density at radius 2 is 2.06 bits per heavy atom. The van der Waals surface area contributed by atoms with Gasteiger partial charge in [-0.05, 0) is 36.8 Å². The number of aromatic hydroxyl groups is 1. The number of hydrogen-bond donors (Lipinski definition) is 2. The molecule has 0 radical (unpaired) electrons. The second-order valence-corrected chi connectivity index (χ2v) is 4.97. The van der Waals surface area contributed by atoms with Gasteiger partial charge in [0, 0.05) is 16.6 Å². The van der Waals surface area contributed by atoms with Crippen LogP contribution in [0.4, 0.5) is 10.1 Å². The van der Waals surface area contributed by atoms with Gasteiger partial charge in [-0.15, -0.1) is 0 Å². The zero-order chi connectivity index (χ0) is 13.1. The van der Waals surface area contributed by atoms with Gasteiger partial charge in [-0.3, -0.25) is 0 Å². The molecule has 2 N–H and O–H groups in total. The Bertz CT molecular complexity index is 551. The minimum absolute atomic E-state index is 0.194. The zero-order valence-electron chi connectivity index (χ0n) is 9.87. The van der Waals surface area contributed by atoms with Crippen molar-refractivity contribution in [3.05, 3.63) is 57.8 Å². The molecule has 0 spiro atoms. The molecule has 2 aromatic carbocycles. The molecule has 4 heteroatoms. The lowest BCUT2D eigenvalue weighted by Gasteiger charge is -2.11. The average Bonchev–Trinajstić information content (AvgIpc) is 2.33. The number of halogens is 2. The van der Waals surface area contributed by atoms with E-state index in [4.69, 9.17) is 0 Å². The zero-order valence-corrected chi connectivity index (χ0v) is 11.5. The van der Waals surface area contributed by atoms with Crippen LogP contribution in [0.3, 0.4) is 0 Å². The Labute approximate surface area is 114 Å². The van der Waals surface area contributed by atoms with E-state index in [0.29, 0.717) is 17.8 Å². The summed E-state index contributed by atoms with van der Waals surface area (Å²) >= 11 is 3.34. The third kappa shape index (κ3) is 2.82. The molecule has 94 valence electrons. The van der Waals surface area contributed by atoms with Gasteiger partial charge in [-0.1, -0.05) is 28.1 Å². The molecule has 0 fully saturated rings. The lowest BCUT2D eigenvalue weighted by Crippen LogP contribution is -2.03. The highest BCUT2D eigenvalue weighted by atomic mass is 79.9. The van der Waals surface area contributed by atoms with E-state index in [-0.39, 0.29) is 11.6 Å². The maximum absolute atomic E-state index is 13.6. The van der Waals surface area contributed by atoms with Crippen LogP contribution in [0.2, 0.25) is 0 Å². The first-order chi connectivity index (χ1) is 8.58. The number of phenols is 1. The first-order valence-corrected chi connectivity index (χ1v) is 6.33. The van der Waals surface area contributed by atoms with Crippen molar-refractivity contribution in [1.82, 2.24) is 0 Å². The Balaban J connectivity index is 2.19. The van der Waals surface area contributed by atoms with Crippen LogP contribution < -0.4 is 5.32 Å². The van der Waals surface area contributed by atoms with Crippen LogP contribution in [0.15, 0.2) is 40.9 Å². The maximum atomic E-state index is 13.6. The van der Waals surface area contributed by atoms with Gasteiger partial charge < -0.3 is 10.4 Å². The van der Waals surface area contributed by atoms with Gasteiger partial charge in [0.25, 0.3) is 0 Å². The summed E-state index contributed by atoms with van der Waals surface area (Å²) in [5.74, 6) is -0.0934. The predicted octanol–water partition coefficient (Wildman–Crippen LogP) is 4.21. The Morgan fingerprint density at radius 1 is 1.28 bits per heavy atom. The summed E-state index contributed by atoms with van der Waals surface area (Å²) in [7, 11) is 0. The van der Waals surface area contributed by atoms with Crippen LogP contribution in [-0.4, -0.2) is 5.11 Å². The molecular formula is C14H13BrFNO. The SMILES string of the molecule is Cc1cccc(F)c1NCc1cc(Br)ccc1O. The molecule has 2 rings (SSSR count). The number of rotatable bonds is 3. The first kappa shape index (κ1) is 12.9. The molecule has 0 aliphatic heterocycles. The van der Waals surface area contributed by atoms with E-state index in [1.54, 1.807) is 24.3 Å². The highest BCUT2D eigenvalue weighted by Gasteiger charge is 2.06. The fourth-order valence-electron chi connectivity index (χ4n) is 1.74. The van der Waals surface area contributed by atoms with Crippen LogP contribution in [0.1, 0.15) is 11.1 Å². The molecular weight excluding hydrogens is 297 g/mol. The predicted molar refractivity (Wildman–Crippen MR) is 74.3 cm³/mol. The van der Waals surface area contributed by atoms with E-state index < -0.39 is 0 Å². The lowest BCUT2D eigenvalue weighted by molar-refractivity contribution is 0.469. The topological polar surface area (TPSA) is 32.3 Å². The van der Waals surface area contributed by atoms with E-state index in [0.717, 1.165) is 10.0 Å². The van der Waals surface area contributed by atoms with Crippen molar-refractivity contribution in [2.75, 3.05) is 5.32 Å². The number of hydrogen-bond acceptors (Lipinski definition) is 2. The van der Waals surface area contributed by atoms with Gasteiger partial charge in [0.2, 0.25) is 0 Å². The summed E-state index contributed by atoms with van der Waals surface area (Å²) < 4.78 is 14.5. The Kier molecular flexibility index (Phi) is 3.87. The third-order valence-corrected chi connectivity index (χ3v) is 3.21. The summed E-state index contributed by atoms with van der Waals surface area (Å²) in [5.41, 5.74) is 2.02. The quantitative estimate of drug-likeness (QED) is 0.890. The average molecular weight is 310 g/mol. The van der Waals surface area contributed by atoms with Crippen molar-refractivity contribution in [3.63, 3.8) is 0 Å². The van der Waals surface area contributed by atoms with Gasteiger partial charge in [0.1, 0.15) is 11.6 Å². The number of anilines is 1. The highest BCUT2D eigenvalue weighted by molar-refractivity contribution is 9.10. The van der Waals surface area contributed by atoms with Gasteiger partial charge in [-0.2, -0.15) is 0 Å². The van der Waals surface area contributed by atoms with E-state index in [1.165, 1.54) is 6.07 Å². The number of para-hydroxylation sites is 1. The van der Waals surface area contributed by atoms with Crippen LogP contribution in [-0.2, 0) is 6.54 Å². The van der Waals surface area contributed by atoms with Crippen LogP contribution in [0.5, 0.6) is 5.75 Å². The molecule has 0 saturated carbocycles. The van der Waals surface area contributed by atoms with Crippen molar-refractivity contribution < 1.29 is 9.50 Å². The molecule has 0 heterocycles. The second-order valence-electron chi connectivity index (χ2n) is 4.06. The van der Waals surface area contributed by atoms with Gasteiger partial charge in [-0.25, -0.2) is 4.39 Å². The summed E-state index contributed by atoms with van der Waals surface area (Å²) in [5, 5.41) is 12.7. The molecule has 0 saturated heterocycles. The Hall–Kier alpha value is -1.55. The van der Waals surface area contributed by atoms with Crippen molar-refractivity contribution in [1.29, 1.82) is 0 Å². The van der Waals surface area contributed by atoms with Crippen molar-refractivity contribution in [2.24, 2.45) is 0 Å². The molecule has 2 nitrogen and oxygen atoms in total. The number of aryl methyl sites for hydroxylation is 1. The second kappa shape index (κ2) is 5.40. The lowest BCUT2D eigenvalue weighted by atomic mass is 10.1. The fraction of sp³-hybridized carbons (Fsp3) is 0.143. The smallest absolute Gasteiger partial charge is 0.146 e. The van der Waals surface area contributed by atoms with E-state index in [9.17, 15) is 9.50 Å². The summed E-state index contributed by atoms with van der Waals surface area (Å²) in [4.78, 5) is 0. The summed E-state index contributed by atoms with van der Waals surface area (Å²) in [6.45, 7) is 2.21. The van der Waals surface area contributed by atoms with Crippen molar-refractivity contribution >= 4 is 21.6 Å². The largest absolute Gasteiger partial charge is 0.508 e. The fourth-order valence-corrected chi connectivity index (χ4v) is 2.14. The maximum Gasteiger partial charge on any atom is 0.146 e. The molecule has 0 aliphatic rings. The van der Waals surface area contributed by atoms with Crippen molar-refractivity contribution in [3.8, 4) is 5.75 Å². The highest BCUT2D eigenvalue weighted by Crippen LogP contribution is 2.24. The molecule has 0 bridgehead atoms. The summed E-state index contributed by atoms with van der Waals surface area (Å²) in [6, 6.07) is 10.1. The van der Waals surface area contributed by atoms with E-state index in [2.05, 4.69) is 21.2 Å². The van der Waals surface area contributed by atoms with Crippen molar-refractivity contribution in [2.45, 2.75) is 13.5 Å². The number of benzene rings is 2. The number of phenolic OH excluding ortho intramolecular Hbond substituents is 1. The molecule has 0 amide bonds. The molecule has 2 aromatic rings. The van der Waals surface area contributed by atoms with Gasteiger partial charge in [0.15, 0.2) is 0 Å². The Morgan fingerprint density at radius 3 is 2.78 bits per heavy atom. The monoisotopic (exact) mass is 309 g/mol. The van der Waals surface area contributed by atoms with Gasteiger partial charge >= 0.3 is 0 Å². The van der Waals surface area contributed by atoms with Gasteiger partial charge in [0.05, 0.1) is 5.69 Å². The summed E-state index contributed by atoms with van der Waals surface area (Å²) in [6.07, 6.45) is 0. The minimum atomic E-state index is -0.288. The molecule has 0 aliphatic carbocycles.